The fourth-order valence-corrected chi connectivity index (χ4v) is 2.57. The van der Waals surface area contributed by atoms with Gasteiger partial charge in [0.1, 0.15) is 11.3 Å². The van der Waals surface area contributed by atoms with E-state index in [0.29, 0.717) is 6.41 Å². The number of carbonyl (C=O) groups is 1. The number of carbonyl (C=O) groups excluding carboxylic acids is 1. The summed E-state index contributed by atoms with van der Waals surface area (Å²) in [4.78, 5) is 18.6. The van der Waals surface area contributed by atoms with Gasteiger partial charge in [0.05, 0.1) is 16.7 Å². The summed E-state index contributed by atoms with van der Waals surface area (Å²) < 4.78 is 0. The molecule has 1 amide bonds. The van der Waals surface area contributed by atoms with Gasteiger partial charge in [0, 0.05) is 0 Å². The number of nitrogens with zero attached hydrogens (tertiary/aromatic N) is 1. The van der Waals surface area contributed by atoms with E-state index in [1.165, 1.54) is 0 Å². The number of aromatic amines is 1. The van der Waals surface area contributed by atoms with Crippen molar-refractivity contribution < 1.29 is 4.79 Å². The minimum atomic E-state index is -0.0858. The van der Waals surface area contributed by atoms with E-state index in [2.05, 4.69) is 27.5 Å². The molecule has 0 bridgehead atoms. The molecule has 1 atom stereocenters. The number of aromatic nitrogens is 2. The van der Waals surface area contributed by atoms with Gasteiger partial charge in [-0.15, -0.1) is 0 Å². The highest BCUT2D eigenvalue weighted by Gasteiger charge is 2.33. The van der Waals surface area contributed by atoms with Gasteiger partial charge in [-0.1, -0.05) is 6.07 Å². The maximum absolute atomic E-state index is 10.6. The second-order valence-electron chi connectivity index (χ2n) is 4.91. The van der Waals surface area contributed by atoms with Crippen molar-refractivity contribution in [1.82, 2.24) is 15.3 Å². The standard InChI is InChI=1S/C13H16N4O/c1-13(6-3-7-15-13)12-16-10-5-2-4-9(14-8-18)11(10)17-12/h2,4-5,8,15H,3,6-7H2,1H3,(H,14,18)(H,16,17). The Balaban J connectivity index is 2.10. The first-order valence-corrected chi connectivity index (χ1v) is 6.17. The Labute approximate surface area is 105 Å². The molecular formula is C13H16N4O. The van der Waals surface area contributed by atoms with Crippen LogP contribution in [-0.2, 0) is 10.3 Å². The number of imidazole rings is 1. The Bertz CT molecular complexity index is 584. The summed E-state index contributed by atoms with van der Waals surface area (Å²) in [6.07, 6.45) is 2.91. The largest absolute Gasteiger partial charge is 0.340 e. The summed E-state index contributed by atoms with van der Waals surface area (Å²) in [6.45, 7) is 3.18. The number of benzene rings is 1. The van der Waals surface area contributed by atoms with Crippen molar-refractivity contribution in [1.29, 1.82) is 0 Å². The second-order valence-corrected chi connectivity index (χ2v) is 4.91. The molecule has 3 N–H and O–H groups in total. The van der Waals surface area contributed by atoms with Crippen molar-refractivity contribution in [3.8, 4) is 0 Å². The highest BCUT2D eigenvalue weighted by molar-refractivity contribution is 5.92. The smallest absolute Gasteiger partial charge is 0.211 e. The van der Waals surface area contributed by atoms with E-state index in [1.54, 1.807) is 0 Å². The molecule has 1 unspecified atom stereocenters. The van der Waals surface area contributed by atoms with Crippen molar-refractivity contribution in [2.75, 3.05) is 11.9 Å². The first-order chi connectivity index (χ1) is 8.73. The third kappa shape index (κ3) is 1.67. The summed E-state index contributed by atoms with van der Waals surface area (Å²) in [5.74, 6) is 0.940. The predicted octanol–water partition coefficient (Wildman–Crippen LogP) is 1.73. The summed E-state index contributed by atoms with van der Waals surface area (Å²) >= 11 is 0. The zero-order valence-corrected chi connectivity index (χ0v) is 10.3. The molecule has 1 aliphatic heterocycles. The van der Waals surface area contributed by atoms with Crippen LogP contribution >= 0.6 is 0 Å². The zero-order valence-electron chi connectivity index (χ0n) is 10.3. The zero-order chi connectivity index (χ0) is 12.6. The number of nitrogens with one attached hydrogen (secondary N) is 3. The van der Waals surface area contributed by atoms with E-state index in [1.807, 2.05) is 18.2 Å². The van der Waals surface area contributed by atoms with Crippen LogP contribution in [0, 0.1) is 0 Å². The molecule has 5 heteroatoms. The van der Waals surface area contributed by atoms with E-state index < -0.39 is 0 Å². The summed E-state index contributed by atoms with van der Waals surface area (Å²) in [5.41, 5.74) is 2.42. The van der Waals surface area contributed by atoms with Gasteiger partial charge in [0.25, 0.3) is 0 Å². The Hall–Kier alpha value is -1.88. The molecule has 3 rings (SSSR count). The average molecular weight is 244 g/mol. The molecule has 0 saturated carbocycles. The monoisotopic (exact) mass is 244 g/mol. The van der Waals surface area contributed by atoms with Gasteiger partial charge in [-0.25, -0.2) is 4.98 Å². The fourth-order valence-electron chi connectivity index (χ4n) is 2.57. The van der Waals surface area contributed by atoms with Gasteiger partial charge in [-0.05, 0) is 38.4 Å². The number of para-hydroxylation sites is 1. The number of H-pyrrole nitrogens is 1. The third-order valence-electron chi connectivity index (χ3n) is 3.62. The third-order valence-corrected chi connectivity index (χ3v) is 3.62. The Kier molecular flexibility index (Phi) is 2.56. The molecule has 94 valence electrons. The Morgan fingerprint density at radius 2 is 2.39 bits per heavy atom. The second kappa shape index (κ2) is 4.10. The fraction of sp³-hybridized carbons (Fsp3) is 0.385. The lowest BCUT2D eigenvalue weighted by molar-refractivity contribution is -0.105. The number of fused-ring (bicyclic) bond motifs is 1. The minimum Gasteiger partial charge on any atom is -0.340 e. The van der Waals surface area contributed by atoms with Crippen LogP contribution in [0.15, 0.2) is 18.2 Å². The number of anilines is 1. The van der Waals surface area contributed by atoms with Crippen LogP contribution in [0.1, 0.15) is 25.6 Å². The van der Waals surface area contributed by atoms with E-state index >= 15 is 0 Å². The number of amides is 1. The van der Waals surface area contributed by atoms with Gasteiger partial charge in [0.15, 0.2) is 0 Å². The van der Waals surface area contributed by atoms with Gasteiger partial charge < -0.3 is 15.6 Å². The SMILES string of the molecule is CC1(c2nc3c(NC=O)cccc3[nH]2)CCCN1. The summed E-state index contributed by atoms with van der Waals surface area (Å²) in [7, 11) is 0. The van der Waals surface area contributed by atoms with Crippen molar-refractivity contribution >= 4 is 23.1 Å². The van der Waals surface area contributed by atoms with Crippen LogP contribution in [0.5, 0.6) is 0 Å². The molecule has 2 aromatic rings. The maximum Gasteiger partial charge on any atom is 0.211 e. The molecule has 1 aromatic carbocycles. The minimum absolute atomic E-state index is 0.0858. The predicted molar refractivity (Wildman–Crippen MR) is 70.4 cm³/mol. The topological polar surface area (TPSA) is 69.8 Å². The summed E-state index contributed by atoms with van der Waals surface area (Å²) in [6, 6.07) is 5.73. The lowest BCUT2D eigenvalue weighted by Gasteiger charge is -2.21. The number of rotatable bonds is 3. The molecule has 1 aliphatic rings. The van der Waals surface area contributed by atoms with Crippen LogP contribution < -0.4 is 10.6 Å². The molecule has 1 saturated heterocycles. The van der Waals surface area contributed by atoms with Crippen LogP contribution in [-0.4, -0.2) is 22.9 Å². The van der Waals surface area contributed by atoms with Gasteiger partial charge in [0.2, 0.25) is 6.41 Å². The molecule has 5 nitrogen and oxygen atoms in total. The number of hydrogen-bond acceptors (Lipinski definition) is 3. The van der Waals surface area contributed by atoms with Crippen LogP contribution in [0.2, 0.25) is 0 Å². The van der Waals surface area contributed by atoms with Gasteiger partial charge in [-0.2, -0.15) is 0 Å². The maximum atomic E-state index is 10.6. The average Bonchev–Trinajstić information content (AvgIpc) is 2.97. The van der Waals surface area contributed by atoms with E-state index in [4.69, 9.17) is 0 Å². The van der Waals surface area contributed by atoms with E-state index in [9.17, 15) is 4.79 Å². The van der Waals surface area contributed by atoms with Gasteiger partial charge in [-0.3, -0.25) is 4.79 Å². The lowest BCUT2D eigenvalue weighted by Crippen LogP contribution is -2.34. The molecule has 1 aromatic heterocycles. The molecule has 18 heavy (non-hydrogen) atoms. The molecular weight excluding hydrogens is 228 g/mol. The van der Waals surface area contributed by atoms with Crippen LogP contribution in [0.4, 0.5) is 5.69 Å². The first kappa shape index (κ1) is 11.2. The summed E-state index contributed by atoms with van der Waals surface area (Å²) in [5, 5.41) is 6.16. The lowest BCUT2D eigenvalue weighted by atomic mass is 10.00. The quantitative estimate of drug-likeness (QED) is 0.720. The van der Waals surface area contributed by atoms with Gasteiger partial charge >= 0.3 is 0 Å². The molecule has 2 heterocycles. The van der Waals surface area contributed by atoms with Crippen LogP contribution in [0.3, 0.4) is 0 Å². The normalized spacial score (nSPS) is 23.4. The molecule has 0 radical (unpaired) electrons. The highest BCUT2D eigenvalue weighted by atomic mass is 16.1. The Morgan fingerprint density at radius 3 is 3.11 bits per heavy atom. The number of hydrogen-bond donors (Lipinski definition) is 3. The Morgan fingerprint density at radius 1 is 1.50 bits per heavy atom. The van der Waals surface area contributed by atoms with Crippen molar-refractivity contribution in [3.63, 3.8) is 0 Å². The first-order valence-electron chi connectivity index (χ1n) is 6.17. The highest BCUT2D eigenvalue weighted by Crippen LogP contribution is 2.31. The van der Waals surface area contributed by atoms with Crippen LogP contribution in [0.25, 0.3) is 11.0 Å². The van der Waals surface area contributed by atoms with E-state index in [-0.39, 0.29) is 5.54 Å². The van der Waals surface area contributed by atoms with Crippen molar-refractivity contribution in [3.05, 3.63) is 24.0 Å². The molecule has 0 aliphatic carbocycles. The van der Waals surface area contributed by atoms with Crippen molar-refractivity contribution in [2.24, 2.45) is 0 Å². The molecule has 1 fully saturated rings. The van der Waals surface area contributed by atoms with E-state index in [0.717, 1.165) is 41.9 Å². The molecule has 0 spiro atoms. The van der Waals surface area contributed by atoms with Crippen molar-refractivity contribution in [2.45, 2.75) is 25.3 Å².